The zero-order valence-corrected chi connectivity index (χ0v) is 12.4. The van der Waals surface area contributed by atoms with Crippen molar-refractivity contribution in [3.8, 4) is 0 Å². The number of aryl methyl sites for hydroxylation is 2. The number of methoxy groups -OCH3 is 1. The van der Waals surface area contributed by atoms with Gasteiger partial charge in [-0.25, -0.2) is 0 Å². The summed E-state index contributed by atoms with van der Waals surface area (Å²) in [6, 6.07) is 6.44. The van der Waals surface area contributed by atoms with Crippen molar-refractivity contribution in [2.45, 2.75) is 64.1 Å². The summed E-state index contributed by atoms with van der Waals surface area (Å²) in [5.41, 5.74) is 3.43. The number of hydrogen-bond donors (Lipinski definition) is 1. The molecule has 0 radical (unpaired) electrons. The molecule has 0 saturated heterocycles. The zero-order valence-electron chi connectivity index (χ0n) is 12.4. The second kappa shape index (κ2) is 6.06. The van der Waals surface area contributed by atoms with E-state index >= 15 is 0 Å². The molecular weight excluding hydrogens is 236 g/mol. The van der Waals surface area contributed by atoms with Crippen LogP contribution >= 0.6 is 0 Å². The average molecular weight is 262 g/mol. The number of benzene rings is 1. The highest BCUT2D eigenvalue weighted by Crippen LogP contribution is 2.35. The fourth-order valence-electron chi connectivity index (χ4n) is 3.24. The summed E-state index contributed by atoms with van der Waals surface area (Å²) in [4.78, 5) is 0. The number of ether oxygens (including phenoxy) is 1. The van der Waals surface area contributed by atoms with Crippen LogP contribution < -0.4 is 0 Å². The van der Waals surface area contributed by atoms with Crippen molar-refractivity contribution >= 4 is 0 Å². The highest BCUT2D eigenvalue weighted by atomic mass is 16.5. The van der Waals surface area contributed by atoms with Gasteiger partial charge in [0.15, 0.2) is 0 Å². The van der Waals surface area contributed by atoms with Gasteiger partial charge in [-0.15, -0.1) is 0 Å². The van der Waals surface area contributed by atoms with Crippen LogP contribution in [0.4, 0.5) is 0 Å². The van der Waals surface area contributed by atoms with Gasteiger partial charge in [0.1, 0.15) is 0 Å². The molecule has 0 spiro atoms. The van der Waals surface area contributed by atoms with Crippen molar-refractivity contribution in [1.29, 1.82) is 0 Å². The van der Waals surface area contributed by atoms with Crippen molar-refractivity contribution in [2.75, 3.05) is 7.11 Å². The molecule has 0 aromatic heterocycles. The predicted molar refractivity (Wildman–Crippen MR) is 78.5 cm³/mol. The Hall–Kier alpha value is -0.860. The van der Waals surface area contributed by atoms with Crippen LogP contribution in [-0.2, 0) is 11.2 Å². The maximum atomic E-state index is 10.7. The third kappa shape index (κ3) is 3.18. The molecule has 19 heavy (non-hydrogen) atoms. The Kier molecular flexibility index (Phi) is 4.64. The molecule has 2 rings (SSSR count). The van der Waals surface area contributed by atoms with E-state index in [0.717, 1.165) is 25.7 Å². The second-order valence-electron chi connectivity index (χ2n) is 5.98. The standard InChI is InChI=1S/C17H26O2/c1-13-7-8-14(2)15(11-13)12-16(18)17(19-3)9-5-4-6-10-17/h7-8,11,16,18H,4-6,9-10,12H2,1-3H3. The molecule has 1 aliphatic carbocycles. The van der Waals surface area contributed by atoms with Gasteiger partial charge in [0.2, 0.25) is 0 Å². The van der Waals surface area contributed by atoms with E-state index in [1.165, 1.54) is 23.1 Å². The fourth-order valence-corrected chi connectivity index (χ4v) is 3.24. The molecule has 1 aromatic carbocycles. The van der Waals surface area contributed by atoms with E-state index in [0.29, 0.717) is 6.42 Å². The first-order chi connectivity index (χ1) is 9.07. The van der Waals surface area contributed by atoms with Gasteiger partial charge in [0, 0.05) is 13.5 Å². The first kappa shape index (κ1) is 14.5. The molecule has 1 aromatic rings. The second-order valence-corrected chi connectivity index (χ2v) is 5.98. The Labute approximate surface area is 116 Å². The number of aliphatic hydroxyl groups excluding tert-OH is 1. The molecule has 1 N–H and O–H groups in total. The van der Waals surface area contributed by atoms with Gasteiger partial charge in [-0.05, 0) is 37.8 Å². The summed E-state index contributed by atoms with van der Waals surface area (Å²) in [5, 5.41) is 10.7. The minimum atomic E-state index is -0.404. The van der Waals surface area contributed by atoms with Crippen LogP contribution in [0, 0.1) is 13.8 Å². The van der Waals surface area contributed by atoms with Crippen molar-refractivity contribution in [2.24, 2.45) is 0 Å². The normalized spacial score (nSPS) is 20.2. The molecule has 2 heteroatoms. The van der Waals surface area contributed by atoms with E-state index in [2.05, 4.69) is 32.0 Å². The molecule has 0 aliphatic heterocycles. The maximum absolute atomic E-state index is 10.7. The lowest BCUT2D eigenvalue weighted by molar-refractivity contribution is -0.122. The molecule has 0 amide bonds. The third-order valence-electron chi connectivity index (χ3n) is 4.63. The van der Waals surface area contributed by atoms with Crippen LogP contribution in [-0.4, -0.2) is 23.9 Å². The summed E-state index contributed by atoms with van der Waals surface area (Å²) in [7, 11) is 1.75. The Bertz CT molecular complexity index is 419. The van der Waals surface area contributed by atoms with E-state index < -0.39 is 6.10 Å². The molecule has 106 valence electrons. The molecule has 0 heterocycles. The highest BCUT2D eigenvalue weighted by molar-refractivity contribution is 5.31. The molecule has 1 aliphatic rings. The monoisotopic (exact) mass is 262 g/mol. The van der Waals surface area contributed by atoms with Crippen LogP contribution in [0.1, 0.15) is 48.8 Å². The molecule has 1 atom stereocenters. The van der Waals surface area contributed by atoms with Crippen LogP contribution in [0.3, 0.4) is 0 Å². The Morgan fingerprint density at radius 3 is 2.53 bits per heavy atom. The van der Waals surface area contributed by atoms with E-state index in [9.17, 15) is 5.11 Å². The first-order valence-electron chi connectivity index (χ1n) is 7.37. The Balaban J connectivity index is 2.14. The lowest BCUT2D eigenvalue weighted by atomic mass is 9.78. The van der Waals surface area contributed by atoms with Crippen molar-refractivity contribution < 1.29 is 9.84 Å². The van der Waals surface area contributed by atoms with E-state index in [1.807, 2.05) is 0 Å². The Morgan fingerprint density at radius 2 is 1.89 bits per heavy atom. The molecule has 1 unspecified atom stereocenters. The number of rotatable bonds is 4. The SMILES string of the molecule is COC1(C(O)Cc2cc(C)ccc2C)CCCCC1. The van der Waals surface area contributed by atoms with Crippen LogP contribution in [0.25, 0.3) is 0 Å². The van der Waals surface area contributed by atoms with E-state index in [4.69, 9.17) is 4.74 Å². The van der Waals surface area contributed by atoms with E-state index in [-0.39, 0.29) is 5.60 Å². The quantitative estimate of drug-likeness (QED) is 0.899. The summed E-state index contributed by atoms with van der Waals surface area (Å²) >= 11 is 0. The lowest BCUT2D eigenvalue weighted by Gasteiger charge is -2.40. The van der Waals surface area contributed by atoms with E-state index in [1.54, 1.807) is 7.11 Å². The van der Waals surface area contributed by atoms with Crippen LogP contribution in [0.2, 0.25) is 0 Å². The minimum absolute atomic E-state index is 0.325. The topological polar surface area (TPSA) is 29.5 Å². The summed E-state index contributed by atoms with van der Waals surface area (Å²) in [6.45, 7) is 4.21. The fraction of sp³-hybridized carbons (Fsp3) is 0.647. The van der Waals surface area contributed by atoms with Gasteiger partial charge in [0.05, 0.1) is 11.7 Å². The molecular formula is C17H26O2. The zero-order chi connectivity index (χ0) is 13.9. The maximum Gasteiger partial charge on any atom is 0.0939 e. The summed E-state index contributed by atoms with van der Waals surface area (Å²) in [5.74, 6) is 0. The smallest absolute Gasteiger partial charge is 0.0939 e. The predicted octanol–water partition coefficient (Wildman–Crippen LogP) is 3.56. The molecule has 2 nitrogen and oxygen atoms in total. The van der Waals surface area contributed by atoms with Gasteiger partial charge in [-0.1, -0.05) is 43.0 Å². The van der Waals surface area contributed by atoms with Crippen molar-refractivity contribution in [3.05, 3.63) is 34.9 Å². The number of aliphatic hydroxyl groups is 1. The lowest BCUT2D eigenvalue weighted by Crippen LogP contribution is -2.47. The van der Waals surface area contributed by atoms with Crippen molar-refractivity contribution in [1.82, 2.24) is 0 Å². The largest absolute Gasteiger partial charge is 0.390 e. The molecule has 1 saturated carbocycles. The summed E-state index contributed by atoms with van der Waals surface area (Å²) in [6.07, 6.45) is 5.85. The minimum Gasteiger partial charge on any atom is -0.390 e. The van der Waals surface area contributed by atoms with Gasteiger partial charge in [-0.2, -0.15) is 0 Å². The van der Waals surface area contributed by atoms with Gasteiger partial charge in [-0.3, -0.25) is 0 Å². The number of hydrogen-bond acceptors (Lipinski definition) is 2. The van der Waals surface area contributed by atoms with Crippen LogP contribution in [0.5, 0.6) is 0 Å². The van der Waals surface area contributed by atoms with Gasteiger partial charge >= 0.3 is 0 Å². The van der Waals surface area contributed by atoms with Crippen molar-refractivity contribution in [3.63, 3.8) is 0 Å². The third-order valence-corrected chi connectivity index (χ3v) is 4.63. The highest BCUT2D eigenvalue weighted by Gasteiger charge is 2.39. The molecule has 0 bridgehead atoms. The van der Waals surface area contributed by atoms with Gasteiger partial charge in [0.25, 0.3) is 0 Å². The van der Waals surface area contributed by atoms with Gasteiger partial charge < -0.3 is 9.84 Å². The Morgan fingerprint density at radius 1 is 1.21 bits per heavy atom. The summed E-state index contributed by atoms with van der Waals surface area (Å²) < 4.78 is 5.73. The first-order valence-corrected chi connectivity index (χ1v) is 7.37. The molecule has 1 fully saturated rings. The average Bonchev–Trinajstić information content (AvgIpc) is 2.43. The van der Waals surface area contributed by atoms with Crippen LogP contribution in [0.15, 0.2) is 18.2 Å².